The van der Waals surface area contributed by atoms with E-state index >= 15 is 0 Å². The lowest BCUT2D eigenvalue weighted by Crippen LogP contribution is -2.26. The van der Waals surface area contributed by atoms with Crippen LogP contribution in [0.15, 0.2) is 42.5 Å². The first-order valence-electron chi connectivity index (χ1n) is 6.66. The number of halogens is 1. The van der Waals surface area contributed by atoms with Crippen LogP contribution in [0.2, 0.25) is 5.02 Å². The number of ether oxygens (including phenoxy) is 1. The van der Waals surface area contributed by atoms with Gasteiger partial charge in [-0.2, -0.15) is 0 Å². The highest BCUT2D eigenvalue weighted by molar-refractivity contribution is 6.31. The molecule has 1 aliphatic heterocycles. The summed E-state index contributed by atoms with van der Waals surface area (Å²) in [6.07, 6.45) is 0.584. The van der Waals surface area contributed by atoms with Gasteiger partial charge in [0, 0.05) is 17.9 Å². The van der Waals surface area contributed by atoms with E-state index in [0.29, 0.717) is 17.9 Å². The molecule has 2 nitrogen and oxygen atoms in total. The van der Waals surface area contributed by atoms with Crippen LogP contribution in [0.1, 0.15) is 16.7 Å². The molecule has 0 radical (unpaired) electrons. The minimum Gasteiger partial charge on any atom is -0.482 e. The largest absolute Gasteiger partial charge is 0.482 e. The second-order valence-corrected chi connectivity index (χ2v) is 5.56. The van der Waals surface area contributed by atoms with Gasteiger partial charge in [-0.25, -0.2) is 0 Å². The standard InChI is InChI=1S/C17H15ClO2/c1-11-6-7-12(14(18)8-11)9-15(19)17-10-13-4-2-3-5-16(13)20-17/h2-8,17H,9-10H2,1H3. The third kappa shape index (κ3) is 2.56. The number of rotatable bonds is 3. The maximum Gasteiger partial charge on any atom is 0.178 e. The Kier molecular flexibility index (Phi) is 3.49. The molecule has 0 bridgehead atoms. The van der Waals surface area contributed by atoms with Crippen LogP contribution in [0.25, 0.3) is 0 Å². The molecular formula is C17H15ClO2. The highest BCUT2D eigenvalue weighted by atomic mass is 35.5. The highest BCUT2D eigenvalue weighted by Crippen LogP contribution is 2.29. The fraction of sp³-hybridized carbons (Fsp3) is 0.235. The smallest absolute Gasteiger partial charge is 0.178 e. The van der Waals surface area contributed by atoms with Crippen LogP contribution in [0, 0.1) is 6.92 Å². The quantitative estimate of drug-likeness (QED) is 0.859. The van der Waals surface area contributed by atoms with Crippen molar-refractivity contribution in [3.63, 3.8) is 0 Å². The molecule has 2 aromatic rings. The Morgan fingerprint density at radius 1 is 1.30 bits per heavy atom. The number of Topliss-reactive ketones (excluding diaryl/α,β-unsaturated/α-hetero) is 1. The Hall–Kier alpha value is -1.80. The van der Waals surface area contributed by atoms with Crippen molar-refractivity contribution in [2.75, 3.05) is 0 Å². The first kappa shape index (κ1) is 13.2. The number of fused-ring (bicyclic) bond motifs is 1. The normalized spacial score (nSPS) is 16.6. The zero-order valence-electron chi connectivity index (χ0n) is 11.2. The molecule has 0 aliphatic carbocycles. The van der Waals surface area contributed by atoms with Crippen LogP contribution in [0.4, 0.5) is 0 Å². The predicted octanol–water partition coefficient (Wildman–Crippen LogP) is 3.76. The molecule has 0 spiro atoms. The summed E-state index contributed by atoms with van der Waals surface area (Å²) in [5.74, 6) is 0.896. The summed E-state index contributed by atoms with van der Waals surface area (Å²) in [4.78, 5) is 12.3. The monoisotopic (exact) mass is 286 g/mol. The van der Waals surface area contributed by atoms with Gasteiger partial charge in [-0.05, 0) is 35.7 Å². The van der Waals surface area contributed by atoms with Crippen molar-refractivity contribution in [2.24, 2.45) is 0 Å². The number of para-hydroxylation sites is 1. The average molecular weight is 287 g/mol. The maximum atomic E-state index is 12.3. The number of aryl methyl sites for hydroxylation is 1. The number of hydrogen-bond acceptors (Lipinski definition) is 2. The molecule has 3 heteroatoms. The van der Waals surface area contributed by atoms with Crippen LogP contribution in [-0.4, -0.2) is 11.9 Å². The fourth-order valence-electron chi connectivity index (χ4n) is 2.46. The van der Waals surface area contributed by atoms with Crippen LogP contribution in [0.5, 0.6) is 5.75 Å². The summed E-state index contributed by atoms with van der Waals surface area (Å²) in [6, 6.07) is 13.6. The van der Waals surface area contributed by atoms with E-state index in [9.17, 15) is 4.79 Å². The van der Waals surface area contributed by atoms with Crippen molar-refractivity contribution in [2.45, 2.75) is 25.9 Å². The van der Waals surface area contributed by atoms with Gasteiger partial charge in [-0.1, -0.05) is 41.9 Å². The van der Waals surface area contributed by atoms with E-state index in [1.807, 2.05) is 49.4 Å². The maximum absolute atomic E-state index is 12.3. The highest BCUT2D eigenvalue weighted by Gasteiger charge is 2.28. The molecule has 0 saturated carbocycles. The van der Waals surface area contributed by atoms with Gasteiger partial charge in [-0.3, -0.25) is 4.79 Å². The molecular weight excluding hydrogens is 272 g/mol. The zero-order chi connectivity index (χ0) is 14.1. The van der Waals surface area contributed by atoms with Gasteiger partial charge < -0.3 is 4.74 Å². The van der Waals surface area contributed by atoms with E-state index < -0.39 is 0 Å². The molecule has 1 unspecified atom stereocenters. The first-order chi connectivity index (χ1) is 9.63. The molecule has 20 heavy (non-hydrogen) atoms. The van der Waals surface area contributed by atoms with Crippen molar-refractivity contribution in [1.29, 1.82) is 0 Å². The van der Waals surface area contributed by atoms with Gasteiger partial charge in [0.2, 0.25) is 0 Å². The zero-order valence-corrected chi connectivity index (χ0v) is 12.0. The summed E-state index contributed by atoms with van der Waals surface area (Å²) < 4.78 is 5.71. The Balaban J connectivity index is 1.72. The van der Waals surface area contributed by atoms with E-state index in [1.165, 1.54) is 0 Å². The van der Waals surface area contributed by atoms with E-state index in [1.54, 1.807) is 0 Å². The topological polar surface area (TPSA) is 26.3 Å². The van der Waals surface area contributed by atoms with Crippen molar-refractivity contribution < 1.29 is 9.53 Å². The molecule has 0 aromatic heterocycles. The van der Waals surface area contributed by atoms with Crippen molar-refractivity contribution in [3.8, 4) is 5.75 Å². The van der Waals surface area contributed by atoms with E-state index in [4.69, 9.17) is 16.3 Å². The molecule has 102 valence electrons. The van der Waals surface area contributed by atoms with Gasteiger partial charge >= 0.3 is 0 Å². The molecule has 0 saturated heterocycles. The average Bonchev–Trinajstić information content (AvgIpc) is 2.86. The molecule has 0 fully saturated rings. The Morgan fingerprint density at radius 2 is 2.10 bits per heavy atom. The summed E-state index contributed by atoms with van der Waals surface area (Å²) in [6.45, 7) is 1.98. The second-order valence-electron chi connectivity index (χ2n) is 5.16. The minimum atomic E-state index is -0.384. The van der Waals surface area contributed by atoms with Gasteiger partial charge in [-0.15, -0.1) is 0 Å². The summed E-state index contributed by atoms with van der Waals surface area (Å²) in [5, 5.41) is 0.647. The van der Waals surface area contributed by atoms with Gasteiger partial charge in [0.1, 0.15) is 5.75 Å². The minimum absolute atomic E-state index is 0.0759. The number of carbonyl (C=O) groups excluding carboxylic acids is 1. The lowest BCUT2D eigenvalue weighted by molar-refractivity contribution is -0.124. The van der Waals surface area contributed by atoms with E-state index in [2.05, 4.69) is 0 Å². The number of carbonyl (C=O) groups is 1. The van der Waals surface area contributed by atoms with Crippen LogP contribution < -0.4 is 4.74 Å². The number of hydrogen-bond donors (Lipinski definition) is 0. The molecule has 2 aromatic carbocycles. The lowest BCUT2D eigenvalue weighted by atomic mass is 10.0. The van der Waals surface area contributed by atoms with E-state index in [-0.39, 0.29) is 11.9 Å². The van der Waals surface area contributed by atoms with Crippen LogP contribution in [-0.2, 0) is 17.6 Å². The summed E-state index contributed by atoms with van der Waals surface area (Å²) in [5.41, 5.74) is 3.05. The number of benzene rings is 2. The van der Waals surface area contributed by atoms with Crippen LogP contribution in [0.3, 0.4) is 0 Å². The fourth-order valence-corrected chi connectivity index (χ4v) is 2.76. The summed E-state index contributed by atoms with van der Waals surface area (Å²) >= 11 is 6.18. The third-order valence-corrected chi connectivity index (χ3v) is 3.93. The number of ketones is 1. The van der Waals surface area contributed by atoms with Crippen molar-refractivity contribution in [1.82, 2.24) is 0 Å². The second kappa shape index (κ2) is 5.29. The molecule has 1 aliphatic rings. The lowest BCUT2D eigenvalue weighted by Gasteiger charge is -2.10. The van der Waals surface area contributed by atoms with Gasteiger partial charge in [0.15, 0.2) is 11.9 Å². The molecule has 1 atom stereocenters. The van der Waals surface area contributed by atoms with E-state index in [0.717, 1.165) is 22.4 Å². The van der Waals surface area contributed by atoms with Crippen LogP contribution >= 0.6 is 11.6 Å². The summed E-state index contributed by atoms with van der Waals surface area (Å²) in [7, 11) is 0. The molecule has 0 amide bonds. The SMILES string of the molecule is Cc1ccc(CC(=O)C2Cc3ccccc3O2)c(Cl)c1. The molecule has 1 heterocycles. The molecule has 3 rings (SSSR count). The Labute approximate surface area is 123 Å². The Morgan fingerprint density at radius 3 is 2.85 bits per heavy atom. The molecule has 0 N–H and O–H groups in total. The third-order valence-electron chi connectivity index (χ3n) is 3.58. The predicted molar refractivity (Wildman–Crippen MR) is 79.5 cm³/mol. The first-order valence-corrected chi connectivity index (χ1v) is 7.03. The van der Waals surface area contributed by atoms with Gasteiger partial charge in [0.05, 0.1) is 0 Å². The van der Waals surface area contributed by atoms with Crippen molar-refractivity contribution in [3.05, 3.63) is 64.2 Å². The Bertz CT molecular complexity index is 639. The van der Waals surface area contributed by atoms with Crippen molar-refractivity contribution >= 4 is 17.4 Å². The van der Waals surface area contributed by atoms with Gasteiger partial charge in [0.25, 0.3) is 0 Å².